The van der Waals surface area contributed by atoms with Gasteiger partial charge in [-0.15, -0.1) is 0 Å². The van der Waals surface area contributed by atoms with Crippen LogP contribution in [-0.4, -0.2) is 51.6 Å². The van der Waals surface area contributed by atoms with Gasteiger partial charge < -0.3 is 20.3 Å². The molecule has 3 heterocycles. The lowest BCUT2D eigenvalue weighted by Gasteiger charge is -2.46. The zero-order valence-electron chi connectivity index (χ0n) is 20.9. The van der Waals surface area contributed by atoms with Crippen LogP contribution in [0.15, 0.2) is 36.5 Å². The van der Waals surface area contributed by atoms with E-state index in [0.29, 0.717) is 24.3 Å². The number of nitrogens with zero attached hydrogens (tertiary/aromatic N) is 3. The molecule has 3 N–H and O–H groups in total. The summed E-state index contributed by atoms with van der Waals surface area (Å²) in [5, 5.41) is 11.9. The molecular weight excluding hydrogens is 454 g/mol. The third kappa shape index (κ3) is 5.53. The SMILES string of the molecule is CC(=O)NCCc1ccc2nc(-c3ccc(N4CCC5(CCC(CC(=O)O)CC5)CC4)nc3)[nH]c2c1. The van der Waals surface area contributed by atoms with Gasteiger partial charge in [0, 0.05) is 44.7 Å². The molecule has 2 aromatic heterocycles. The molecule has 1 saturated heterocycles. The molecule has 8 heteroatoms. The number of aromatic amines is 1. The minimum absolute atomic E-state index is 0.0139. The fourth-order valence-electron chi connectivity index (χ4n) is 5.90. The van der Waals surface area contributed by atoms with E-state index in [1.54, 1.807) is 0 Å². The number of amides is 1. The molecule has 1 amide bonds. The maximum absolute atomic E-state index is 11.1. The van der Waals surface area contributed by atoms with Gasteiger partial charge in [-0.1, -0.05) is 6.07 Å². The Bertz CT molecular complexity index is 1220. The largest absolute Gasteiger partial charge is 0.481 e. The van der Waals surface area contributed by atoms with Gasteiger partial charge >= 0.3 is 5.97 Å². The molecule has 0 radical (unpaired) electrons. The average Bonchev–Trinajstić information content (AvgIpc) is 3.29. The molecule has 0 bridgehead atoms. The predicted octanol–water partition coefficient (Wildman–Crippen LogP) is 4.56. The third-order valence-corrected chi connectivity index (χ3v) is 8.13. The van der Waals surface area contributed by atoms with Gasteiger partial charge in [-0.3, -0.25) is 9.59 Å². The van der Waals surface area contributed by atoms with Crippen molar-refractivity contribution in [2.24, 2.45) is 11.3 Å². The molecule has 1 aliphatic heterocycles. The van der Waals surface area contributed by atoms with Crippen molar-refractivity contribution in [2.75, 3.05) is 24.5 Å². The number of aromatic nitrogens is 3. The number of H-pyrrole nitrogens is 1. The first-order valence-corrected chi connectivity index (χ1v) is 13.1. The van der Waals surface area contributed by atoms with E-state index < -0.39 is 5.97 Å². The molecule has 1 aliphatic carbocycles. The number of fused-ring (bicyclic) bond motifs is 1. The molecule has 36 heavy (non-hydrogen) atoms. The molecule has 2 aliphatic rings. The predicted molar refractivity (Wildman–Crippen MR) is 140 cm³/mol. The Kier molecular flexibility index (Phi) is 6.94. The third-order valence-electron chi connectivity index (χ3n) is 8.13. The highest BCUT2D eigenvalue weighted by molar-refractivity contribution is 5.80. The number of piperidine rings is 1. The minimum Gasteiger partial charge on any atom is -0.481 e. The van der Waals surface area contributed by atoms with Crippen LogP contribution >= 0.6 is 0 Å². The minimum atomic E-state index is -0.661. The number of anilines is 1. The molecule has 0 unspecified atom stereocenters. The topological polar surface area (TPSA) is 111 Å². The lowest BCUT2D eigenvalue weighted by molar-refractivity contribution is -0.138. The van der Waals surface area contributed by atoms with Crippen LogP contribution in [0.2, 0.25) is 0 Å². The summed E-state index contributed by atoms with van der Waals surface area (Å²) in [7, 11) is 0. The van der Waals surface area contributed by atoms with E-state index in [1.165, 1.54) is 6.92 Å². The summed E-state index contributed by atoms with van der Waals surface area (Å²) in [5.41, 5.74) is 4.39. The number of imidazole rings is 1. The number of hydrogen-bond donors (Lipinski definition) is 3. The summed E-state index contributed by atoms with van der Waals surface area (Å²) < 4.78 is 0. The normalized spacial score (nSPS) is 18.0. The lowest BCUT2D eigenvalue weighted by Crippen LogP contribution is -2.42. The Morgan fingerprint density at radius 2 is 1.92 bits per heavy atom. The molecule has 3 aromatic rings. The molecule has 1 saturated carbocycles. The Hall–Kier alpha value is -3.42. The number of carbonyl (C=O) groups excluding carboxylic acids is 1. The fourth-order valence-corrected chi connectivity index (χ4v) is 5.90. The molecule has 1 spiro atoms. The second-order valence-corrected chi connectivity index (χ2v) is 10.6. The molecule has 8 nitrogen and oxygen atoms in total. The number of aliphatic carboxylic acids is 1. The lowest BCUT2D eigenvalue weighted by atomic mass is 9.65. The monoisotopic (exact) mass is 489 g/mol. The van der Waals surface area contributed by atoms with Crippen LogP contribution in [0.4, 0.5) is 5.82 Å². The van der Waals surface area contributed by atoms with Crippen molar-refractivity contribution >= 4 is 28.7 Å². The number of benzene rings is 1. The van der Waals surface area contributed by atoms with Crippen LogP contribution in [0, 0.1) is 11.3 Å². The smallest absolute Gasteiger partial charge is 0.303 e. The van der Waals surface area contributed by atoms with Crippen LogP contribution in [0.1, 0.15) is 57.4 Å². The van der Waals surface area contributed by atoms with Gasteiger partial charge in [0.05, 0.1) is 11.0 Å². The quantitative estimate of drug-likeness (QED) is 0.449. The van der Waals surface area contributed by atoms with E-state index >= 15 is 0 Å². The number of carboxylic acids is 1. The highest BCUT2D eigenvalue weighted by Gasteiger charge is 2.38. The molecular formula is C28H35N5O3. The summed E-state index contributed by atoms with van der Waals surface area (Å²) >= 11 is 0. The molecule has 5 rings (SSSR count). The maximum atomic E-state index is 11.1. The summed E-state index contributed by atoms with van der Waals surface area (Å²) in [6, 6.07) is 10.3. The van der Waals surface area contributed by atoms with E-state index in [9.17, 15) is 9.59 Å². The second kappa shape index (κ2) is 10.3. The molecule has 0 atom stereocenters. The Morgan fingerprint density at radius 1 is 1.14 bits per heavy atom. The standard InChI is InChI=1S/C28H35N5O3/c1-19(34)29-13-8-20-2-4-23-24(16-20)32-27(31-23)22-3-5-25(30-18-22)33-14-11-28(12-15-33)9-6-21(7-10-28)17-26(35)36/h2-5,16,18,21H,6-15,17H2,1H3,(H,29,34)(H,31,32)(H,35,36). The summed E-state index contributed by atoms with van der Waals surface area (Å²) in [6.07, 6.45) is 9.73. The van der Waals surface area contributed by atoms with E-state index in [4.69, 9.17) is 15.1 Å². The van der Waals surface area contributed by atoms with Crippen LogP contribution < -0.4 is 10.2 Å². The summed E-state index contributed by atoms with van der Waals surface area (Å²) in [4.78, 5) is 37.4. The molecule has 1 aromatic carbocycles. The first-order chi connectivity index (χ1) is 17.4. The molecule has 2 fully saturated rings. The first kappa shape index (κ1) is 24.3. The number of carbonyl (C=O) groups is 2. The zero-order chi connectivity index (χ0) is 25.1. The summed E-state index contributed by atoms with van der Waals surface area (Å²) in [6.45, 7) is 4.16. The highest BCUT2D eigenvalue weighted by atomic mass is 16.4. The van der Waals surface area contributed by atoms with Gasteiger partial charge in [-0.25, -0.2) is 9.97 Å². The number of carboxylic acid groups (broad SMARTS) is 1. The van der Waals surface area contributed by atoms with Crippen LogP contribution in [0.5, 0.6) is 0 Å². The van der Waals surface area contributed by atoms with Crippen molar-refractivity contribution in [3.05, 3.63) is 42.1 Å². The van der Waals surface area contributed by atoms with Crippen molar-refractivity contribution in [1.82, 2.24) is 20.3 Å². The van der Waals surface area contributed by atoms with E-state index in [1.807, 2.05) is 12.3 Å². The first-order valence-electron chi connectivity index (χ1n) is 13.1. The summed E-state index contributed by atoms with van der Waals surface area (Å²) in [5.74, 6) is 1.49. The van der Waals surface area contributed by atoms with E-state index in [0.717, 1.165) is 91.8 Å². The van der Waals surface area contributed by atoms with Gasteiger partial charge in [-0.05, 0) is 86.1 Å². The van der Waals surface area contributed by atoms with Gasteiger partial charge in [0.1, 0.15) is 11.6 Å². The van der Waals surface area contributed by atoms with Crippen molar-refractivity contribution < 1.29 is 14.7 Å². The number of pyridine rings is 1. The number of nitrogens with one attached hydrogen (secondary N) is 2. The number of rotatable bonds is 7. The van der Waals surface area contributed by atoms with Crippen molar-refractivity contribution in [1.29, 1.82) is 0 Å². The number of hydrogen-bond acceptors (Lipinski definition) is 5. The van der Waals surface area contributed by atoms with Crippen LogP contribution in [0.3, 0.4) is 0 Å². The van der Waals surface area contributed by atoms with Gasteiger partial charge in [-0.2, -0.15) is 0 Å². The highest BCUT2D eigenvalue weighted by Crippen LogP contribution is 2.47. The van der Waals surface area contributed by atoms with Crippen LogP contribution in [0.25, 0.3) is 22.4 Å². The Balaban J connectivity index is 1.18. The van der Waals surface area contributed by atoms with Gasteiger partial charge in [0.25, 0.3) is 0 Å². The van der Waals surface area contributed by atoms with Crippen molar-refractivity contribution in [3.63, 3.8) is 0 Å². The Labute approximate surface area is 211 Å². The second-order valence-electron chi connectivity index (χ2n) is 10.6. The maximum Gasteiger partial charge on any atom is 0.303 e. The van der Waals surface area contributed by atoms with Crippen LogP contribution in [-0.2, 0) is 16.0 Å². The van der Waals surface area contributed by atoms with Crippen molar-refractivity contribution in [3.8, 4) is 11.4 Å². The van der Waals surface area contributed by atoms with Crippen molar-refractivity contribution in [2.45, 2.75) is 58.3 Å². The van der Waals surface area contributed by atoms with E-state index in [-0.39, 0.29) is 5.91 Å². The average molecular weight is 490 g/mol. The Morgan fingerprint density at radius 3 is 2.58 bits per heavy atom. The molecule has 190 valence electrons. The fraction of sp³-hybridized carbons (Fsp3) is 0.500. The van der Waals surface area contributed by atoms with Gasteiger partial charge in [0.15, 0.2) is 0 Å². The van der Waals surface area contributed by atoms with Gasteiger partial charge in [0.2, 0.25) is 5.91 Å². The zero-order valence-corrected chi connectivity index (χ0v) is 20.9. The van der Waals surface area contributed by atoms with E-state index in [2.05, 4.69) is 39.5 Å².